The maximum absolute atomic E-state index is 12.2. The highest BCUT2D eigenvalue weighted by molar-refractivity contribution is 7.92. The molecule has 1 aromatic carbocycles. The number of hydrogen-bond donors (Lipinski definition) is 0. The lowest BCUT2D eigenvalue weighted by Crippen LogP contribution is -2.36. The summed E-state index contributed by atoms with van der Waals surface area (Å²) in [4.78, 5) is 12.2. The third kappa shape index (κ3) is 3.44. The van der Waals surface area contributed by atoms with E-state index < -0.39 is 15.1 Å². The molecule has 0 radical (unpaired) electrons. The van der Waals surface area contributed by atoms with Crippen LogP contribution in [0.15, 0.2) is 24.3 Å². The van der Waals surface area contributed by atoms with Crippen molar-refractivity contribution in [1.29, 1.82) is 0 Å². The summed E-state index contributed by atoms with van der Waals surface area (Å²) in [5.74, 6) is 0.0157. The first kappa shape index (κ1) is 14.3. The van der Waals surface area contributed by atoms with Gasteiger partial charge in [0.25, 0.3) is 0 Å². The van der Waals surface area contributed by atoms with Crippen molar-refractivity contribution in [3.05, 3.63) is 35.4 Å². The molecule has 0 N–H and O–H groups in total. The lowest BCUT2D eigenvalue weighted by Gasteiger charge is -2.21. The standard InChI is InChI=1S/C15H20O3S/c1-2-12-6-8-13(9-7-12)11-14(16)15-5-3-4-10-19(15,17)18/h6-9,15H,2-5,10-11H2,1H3. The Bertz CT molecular complexity index is 543. The summed E-state index contributed by atoms with van der Waals surface area (Å²) in [5, 5.41) is -0.771. The van der Waals surface area contributed by atoms with Crippen molar-refractivity contribution >= 4 is 15.6 Å². The summed E-state index contributed by atoms with van der Waals surface area (Å²) < 4.78 is 23.8. The largest absolute Gasteiger partial charge is 0.298 e. The fourth-order valence-electron chi connectivity index (χ4n) is 2.52. The van der Waals surface area contributed by atoms with E-state index in [9.17, 15) is 13.2 Å². The molecule has 1 heterocycles. The molecule has 1 fully saturated rings. The SMILES string of the molecule is CCc1ccc(CC(=O)C2CCCCS2(=O)=O)cc1. The van der Waals surface area contributed by atoms with Gasteiger partial charge in [0.2, 0.25) is 0 Å². The number of benzene rings is 1. The molecule has 1 saturated heterocycles. The van der Waals surface area contributed by atoms with Crippen molar-refractivity contribution in [3.8, 4) is 0 Å². The number of aryl methyl sites for hydroxylation is 1. The van der Waals surface area contributed by atoms with Gasteiger partial charge in [-0.15, -0.1) is 0 Å². The predicted molar refractivity (Wildman–Crippen MR) is 76.0 cm³/mol. The molecule has 1 aliphatic heterocycles. The van der Waals surface area contributed by atoms with Crippen LogP contribution in [-0.4, -0.2) is 25.2 Å². The minimum absolute atomic E-state index is 0.149. The Labute approximate surface area is 114 Å². The summed E-state index contributed by atoms with van der Waals surface area (Å²) in [7, 11) is -3.21. The van der Waals surface area contributed by atoms with E-state index in [1.165, 1.54) is 5.56 Å². The summed E-state index contributed by atoms with van der Waals surface area (Å²) in [6, 6.07) is 7.84. The molecule has 1 aliphatic rings. The highest BCUT2D eigenvalue weighted by atomic mass is 32.2. The fraction of sp³-hybridized carbons (Fsp3) is 0.533. The van der Waals surface area contributed by atoms with Crippen molar-refractivity contribution in [2.24, 2.45) is 0 Å². The summed E-state index contributed by atoms with van der Waals surface area (Å²) in [6.45, 7) is 2.08. The first-order valence-corrected chi connectivity index (χ1v) is 8.56. The van der Waals surface area contributed by atoms with Gasteiger partial charge < -0.3 is 0 Å². The predicted octanol–water partition coefficient (Wildman–Crippen LogP) is 2.33. The molecule has 0 saturated carbocycles. The zero-order valence-electron chi connectivity index (χ0n) is 11.3. The zero-order valence-corrected chi connectivity index (χ0v) is 12.1. The van der Waals surface area contributed by atoms with Crippen LogP contribution in [-0.2, 0) is 27.5 Å². The fourth-order valence-corrected chi connectivity index (χ4v) is 4.42. The summed E-state index contributed by atoms with van der Waals surface area (Å²) in [5.41, 5.74) is 2.13. The second-order valence-electron chi connectivity index (χ2n) is 5.16. The number of hydrogen-bond acceptors (Lipinski definition) is 3. The number of ketones is 1. The van der Waals surface area contributed by atoms with Gasteiger partial charge in [-0.25, -0.2) is 8.42 Å². The van der Waals surface area contributed by atoms with Gasteiger partial charge in [-0.05, 0) is 30.4 Å². The van der Waals surface area contributed by atoms with Crippen molar-refractivity contribution in [2.45, 2.75) is 44.3 Å². The topological polar surface area (TPSA) is 51.2 Å². The van der Waals surface area contributed by atoms with E-state index in [-0.39, 0.29) is 18.0 Å². The molecule has 1 aromatic rings. The molecule has 4 heteroatoms. The Morgan fingerprint density at radius 3 is 2.37 bits per heavy atom. The van der Waals surface area contributed by atoms with Gasteiger partial charge in [0, 0.05) is 6.42 Å². The molecule has 19 heavy (non-hydrogen) atoms. The third-order valence-electron chi connectivity index (χ3n) is 3.75. The Kier molecular flexibility index (Phi) is 4.40. The van der Waals surface area contributed by atoms with Crippen LogP contribution in [0.5, 0.6) is 0 Å². The smallest absolute Gasteiger partial charge is 0.160 e. The van der Waals surface area contributed by atoms with Gasteiger partial charge in [-0.1, -0.05) is 37.6 Å². The van der Waals surface area contributed by atoms with Gasteiger partial charge in [-0.2, -0.15) is 0 Å². The first-order valence-electron chi connectivity index (χ1n) is 6.85. The third-order valence-corrected chi connectivity index (χ3v) is 5.97. The van der Waals surface area contributed by atoms with Crippen molar-refractivity contribution in [2.75, 3.05) is 5.75 Å². The molecule has 0 bridgehead atoms. The van der Waals surface area contributed by atoms with Crippen LogP contribution in [0.25, 0.3) is 0 Å². The quantitative estimate of drug-likeness (QED) is 0.850. The number of carbonyl (C=O) groups is 1. The summed E-state index contributed by atoms with van der Waals surface area (Å²) >= 11 is 0. The molecule has 0 amide bonds. The Balaban J connectivity index is 2.07. The minimum atomic E-state index is -3.21. The molecular weight excluding hydrogens is 260 g/mol. The minimum Gasteiger partial charge on any atom is -0.298 e. The second-order valence-corrected chi connectivity index (χ2v) is 7.47. The van der Waals surface area contributed by atoms with E-state index in [1.807, 2.05) is 24.3 Å². The van der Waals surface area contributed by atoms with Gasteiger partial charge >= 0.3 is 0 Å². The van der Waals surface area contributed by atoms with Gasteiger partial charge in [0.15, 0.2) is 15.6 Å². The average molecular weight is 280 g/mol. The maximum Gasteiger partial charge on any atom is 0.160 e. The zero-order chi connectivity index (χ0) is 13.9. The van der Waals surface area contributed by atoms with Crippen LogP contribution in [0.1, 0.15) is 37.3 Å². The van der Waals surface area contributed by atoms with E-state index >= 15 is 0 Å². The van der Waals surface area contributed by atoms with Crippen LogP contribution >= 0.6 is 0 Å². The normalized spacial score (nSPS) is 22.1. The van der Waals surface area contributed by atoms with E-state index in [0.717, 1.165) is 18.4 Å². The Morgan fingerprint density at radius 1 is 1.16 bits per heavy atom. The lowest BCUT2D eigenvalue weighted by atomic mass is 10.0. The van der Waals surface area contributed by atoms with E-state index in [0.29, 0.717) is 12.8 Å². The highest BCUT2D eigenvalue weighted by Gasteiger charge is 2.34. The van der Waals surface area contributed by atoms with Crippen LogP contribution in [0, 0.1) is 0 Å². The molecule has 0 aliphatic carbocycles. The molecule has 104 valence electrons. The molecular formula is C15H20O3S. The second kappa shape index (κ2) is 5.87. The van der Waals surface area contributed by atoms with Gasteiger partial charge in [0.05, 0.1) is 5.75 Å². The van der Waals surface area contributed by atoms with Crippen molar-refractivity contribution in [1.82, 2.24) is 0 Å². The van der Waals surface area contributed by atoms with Crippen molar-refractivity contribution < 1.29 is 13.2 Å². The lowest BCUT2D eigenvalue weighted by molar-refractivity contribution is -0.118. The molecule has 0 spiro atoms. The molecule has 1 unspecified atom stereocenters. The highest BCUT2D eigenvalue weighted by Crippen LogP contribution is 2.21. The van der Waals surface area contributed by atoms with Gasteiger partial charge in [0.1, 0.15) is 5.25 Å². The number of carbonyl (C=O) groups excluding carboxylic acids is 1. The van der Waals surface area contributed by atoms with Crippen molar-refractivity contribution in [3.63, 3.8) is 0 Å². The monoisotopic (exact) mass is 280 g/mol. The van der Waals surface area contributed by atoms with Gasteiger partial charge in [-0.3, -0.25) is 4.79 Å². The molecule has 1 atom stereocenters. The van der Waals surface area contributed by atoms with Crippen LogP contribution in [0.2, 0.25) is 0 Å². The van der Waals surface area contributed by atoms with E-state index in [4.69, 9.17) is 0 Å². The first-order chi connectivity index (χ1) is 9.03. The average Bonchev–Trinajstić information content (AvgIpc) is 2.39. The van der Waals surface area contributed by atoms with E-state index in [1.54, 1.807) is 0 Å². The van der Waals surface area contributed by atoms with Crippen LogP contribution < -0.4 is 0 Å². The molecule has 2 rings (SSSR count). The van der Waals surface area contributed by atoms with E-state index in [2.05, 4.69) is 6.92 Å². The van der Waals surface area contributed by atoms with Crippen LogP contribution in [0.4, 0.5) is 0 Å². The Morgan fingerprint density at radius 2 is 1.79 bits per heavy atom. The number of rotatable bonds is 4. The number of Topliss-reactive ketones (excluding diaryl/α,β-unsaturated/α-hetero) is 1. The van der Waals surface area contributed by atoms with Crippen LogP contribution in [0.3, 0.4) is 0 Å². The summed E-state index contributed by atoms with van der Waals surface area (Å²) in [6.07, 6.45) is 3.22. The molecule has 3 nitrogen and oxygen atoms in total. The number of sulfone groups is 1. The maximum atomic E-state index is 12.2. The molecule has 0 aromatic heterocycles. The Hall–Kier alpha value is -1.16.